The Balaban J connectivity index is 3.24. The first-order chi connectivity index (χ1) is 7.05. The molecule has 6 heteroatoms. The highest BCUT2D eigenvalue weighted by Crippen LogP contribution is 2.45. The Bertz CT molecular complexity index is 389. The molecule has 0 radical (unpaired) electrons. The minimum atomic E-state index is -3.40. The maximum absolute atomic E-state index is 13.1. The minimum Gasteiger partial charge on any atom is -0.309 e. The molecule has 0 unspecified atom stereocenters. The van der Waals surface area contributed by atoms with Gasteiger partial charge < -0.3 is 9.05 Å². The van der Waals surface area contributed by atoms with Gasteiger partial charge in [0.05, 0.1) is 5.30 Å². The first-order valence-corrected chi connectivity index (χ1v) is 6.21. The van der Waals surface area contributed by atoms with Gasteiger partial charge in [-0.3, -0.25) is 4.57 Å². The third-order valence-electron chi connectivity index (χ3n) is 1.89. The number of hydrogen-bond acceptors (Lipinski definition) is 3. The molecule has 0 aliphatic heterocycles. The van der Waals surface area contributed by atoms with Gasteiger partial charge in [-0.1, -0.05) is 0 Å². The second kappa shape index (κ2) is 5.08. The van der Waals surface area contributed by atoms with Gasteiger partial charge in [0, 0.05) is 20.1 Å². The summed E-state index contributed by atoms with van der Waals surface area (Å²) in [6.07, 6.45) is 0. The van der Waals surface area contributed by atoms with Crippen LogP contribution in [-0.2, 0) is 19.5 Å². The molecule has 0 spiro atoms. The lowest BCUT2D eigenvalue weighted by atomic mass is 10.2. The molecule has 15 heavy (non-hydrogen) atoms. The van der Waals surface area contributed by atoms with Crippen LogP contribution < -0.4 is 5.30 Å². The van der Waals surface area contributed by atoms with Crippen LogP contribution in [0, 0.1) is 5.82 Å². The molecule has 0 amide bonds. The topological polar surface area (TPSA) is 35.5 Å². The molecular formula is C9H11ClFO3P. The van der Waals surface area contributed by atoms with Crippen molar-refractivity contribution in [3.8, 4) is 0 Å². The molecule has 0 heterocycles. The number of benzene rings is 1. The molecule has 0 bridgehead atoms. The van der Waals surface area contributed by atoms with Crippen LogP contribution in [0.2, 0.25) is 0 Å². The molecule has 0 fully saturated rings. The highest BCUT2D eigenvalue weighted by molar-refractivity contribution is 7.62. The maximum Gasteiger partial charge on any atom is 0.360 e. The van der Waals surface area contributed by atoms with Gasteiger partial charge in [0.15, 0.2) is 0 Å². The van der Waals surface area contributed by atoms with Crippen molar-refractivity contribution in [2.24, 2.45) is 0 Å². The van der Waals surface area contributed by atoms with Crippen molar-refractivity contribution < 1.29 is 18.0 Å². The molecule has 1 aromatic carbocycles. The lowest BCUT2D eigenvalue weighted by Crippen LogP contribution is -2.09. The number of halogens is 2. The van der Waals surface area contributed by atoms with Crippen molar-refractivity contribution in [1.29, 1.82) is 0 Å². The normalized spacial score (nSPS) is 11.7. The Morgan fingerprint density at radius 2 is 1.93 bits per heavy atom. The van der Waals surface area contributed by atoms with E-state index in [9.17, 15) is 8.96 Å². The molecule has 0 aliphatic carbocycles. The van der Waals surface area contributed by atoms with Gasteiger partial charge in [-0.05, 0) is 23.8 Å². The van der Waals surface area contributed by atoms with E-state index >= 15 is 0 Å². The molecule has 0 aliphatic rings. The number of rotatable bonds is 4. The fourth-order valence-corrected chi connectivity index (χ4v) is 2.48. The Hall–Kier alpha value is -0.410. The molecule has 0 aromatic heterocycles. The summed E-state index contributed by atoms with van der Waals surface area (Å²) >= 11 is 5.57. The van der Waals surface area contributed by atoms with E-state index in [0.29, 0.717) is 5.56 Å². The van der Waals surface area contributed by atoms with Crippen LogP contribution in [-0.4, -0.2) is 14.2 Å². The summed E-state index contributed by atoms with van der Waals surface area (Å²) in [6, 6.07) is 3.89. The average Bonchev–Trinajstić information content (AvgIpc) is 2.27. The number of hydrogen-bond donors (Lipinski definition) is 0. The van der Waals surface area contributed by atoms with Crippen LogP contribution in [0.3, 0.4) is 0 Å². The number of alkyl halides is 1. The van der Waals surface area contributed by atoms with E-state index < -0.39 is 13.4 Å². The van der Waals surface area contributed by atoms with Crippen molar-refractivity contribution in [3.05, 3.63) is 29.6 Å². The predicted octanol–water partition coefficient (Wildman–Crippen LogP) is 2.68. The first-order valence-electron chi connectivity index (χ1n) is 4.13. The third kappa shape index (κ3) is 2.79. The van der Waals surface area contributed by atoms with Gasteiger partial charge in [0.2, 0.25) is 0 Å². The quantitative estimate of drug-likeness (QED) is 0.610. The lowest BCUT2D eigenvalue weighted by Gasteiger charge is -2.14. The van der Waals surface area contributed by atoms with Crippen molar-refractivity contribution in [3.63, 3.8) is 0 Å². The second-order valence-electron chi connectivity index (χ2n) is 2.81. The smallest absolute Gasteiger partial charge is 0.309 e. The molecule has 1 aromatic rings. The van der Waals surface area contributed by atoms with E-state index in [0.717, 1.165) is 6.07 Å². The molecule has 0 N–H and O–H groups in total. The van der Waals surface area contributed by atoms with Gasteiger partial charge in [-0.15, -0.1) is 11.6 Å². The van der Waals surface area contributed by atoms with Crippen LogP contribution in [0.5, 0.6) is 0 Å². The van der Waals surface area contributed by atoms with Crippen molar-refractivity contribution in [1.82, 2.24) is 0 Å². The van der Waals surface area contributed by atoms with Crippen molar-refractivity contribution in [2.45, 2.75) is 5.88 Å². The van der Waals surface area contributed by atoms with E-state index in [2.05, 4.69) is 0 Å². The van der Waals surface area contributed by atoms with E-state index in [1.54, 1.807) is 0 Å². The van der Waals surface area contributed by atoms with Gasteiger partial charge in [0.25, 0.3) is 0 Å². The summed E-state index contributed by atoms with van der Waals surface area (Å²) in [6.45, 7) is 0. The molecular weight excluding hydrogens is 242 g/mol. The molecule has 84 valence electrons. The second-order valence-corrected chi connectivity index (χ2v) is 5.32. The van der Waals surface area contributed by atoms with Gasteiger partial charge in [-0.25, -0.2) is 4.39 Å². The monoisotopic (exact) mass is 252 g/mol. The highest BCUT2D eigenvalue weighted by atomic mass is 35.5. The summed E-state index contributed by atoms with van der Waals surface area (Å²) in [4.78, 5) is 0. The maximum atomic E-state index is 13.1. The van der Waals surface area contributed by atoms with Crippen LogP contribution in [0.15, 0.2) is 18.2 Å². The largest absolute Gasteiger partial charge is 0.360 e. The average molecular weight is 253 g/mol. The Morgan fingerprint density at radius 1 is 1.33 bits per heavy atom. The van der Waals surface area contributed by atoms with E-state index in [1.165, 1.54) is 26.4 Å². The van der Waals surface area contributed by atoms with Gasteiger partial charge >= 0.3 is 7.60 Å². The van der Waals surface area contributed by atoms with Crippen LogP contribution in [0.4, 0.5) is 4.39 Å². The zero-order valence-electron chi connectivity index (χ0n) is 8.37. The molecule has 3 nitrogen and oxygen atoms in total. The van der Waals surface area contributed by atoms with Crippen molar-refractivity contribution >= 4 is 24.5 Å². The molecule has 0 saturated heterocycles. The highest BCUT2D eigenvalue weighted by Gasteiger charge is 2.25. The van der Waals surface area contributed by atoms with Crippen molar-refractivity contribution in [2.75, 3.05) is 14.2 Å². The Labute approximate surface area is 92.7 Å². The van der Waals surface area contributed by atoms with Crippen LogP contribution in [0.25, 0.3) is 0 Å². The fraction of sp³-hybridized carbons (Fsp3) is 0.333. The zero-order chi connectivity index (χ0) is 11.5. The fourth-order valence-electron chi connectivity index (χ4n) is 1.15. The minimum absolute atomic E-state index is 0.137. The zero-order valence-corrected chi connectivity index (χ0v) is 10.0. The summed E-state index contributed by atoms with van der Waals surface area (Å²) in [5.74, 6) is -0.379. The van der Waals surface area contributed by atoms with Gasteiger partial charge in [0.1, 0.15) is 5.82 Å². The Kier molecular flexibility index (Phi) is 4.29. The molecule has 1 rings (SSSR count). The predicted molar refractivity (Wildman–Crippen MR) is 57.2 cm³/mol. The van der Waals surface area contributed by atoms with E-state index in [4.69, 9.17) is 20.6 Å². The third-order valence-corrected chi connectivity index (χ3v) is 4.05. The van der Waals surface area contributed by atoms with E-state index in [-0.39, 0.29) is 11.2 Å². The van der Waals surface area contributed by atoms with Gasteiger partial charge in [-0.2, -0.15) is 0 Å². The standard InChI is InChI=1S/C9H11ClFO3P/c1-13-15(12,14-2)9-4-7(6-10)3-8(11)5-9/h3-5H,6H2,1-2H3. The van der Waals surface area contributed by atoms with Crippen LogP contribution in [0.1, 0.15) is 5.56 Å². The Morgan fingerprint density at radius 3 is 2.40 bits per heavy atom. The molecule has 0 saturated carbocycles. The first kappa shape index (κ1) is 12.7. The summed E-state index contributed by atoms with van der Waals surface area (Å²) in [5.41, 5.74) is 0.529. The summed E-state index contributed by atoms with van der Waals surface area (Å²) in [7, 11) is -0.908. The summed E-state index contributed by atoms with van der Waals surface area (Å²) < 4.78 is 34.5. The van der Waals surface area contributed by atoms with Crippen LogP contribution >= 0.6 is 19.2 Å². The summed E-state index contributed by atoms with van der Waals surface area (Å²) in [5, 5.41) is 0.170. The molecule has 0 atom stereocenters. The SMILES string of the molecule is COP(=O)(OC)c1cc(F)cc(CCl)c1. The van der Waals surface area contributed by atoms with E-state index in [1.807, 2.05) is 0 Å². The lowest BCUT2D eigenvalue weighted by molar-refractivity contribution is 0.287.